The monoisotopic (exact) mass is 343 g/mol. The van der Waals surface area contributed by atoms with E-state index in [1.54, 1.807) is 0 Å². The molecule has 3 saturated heterocycles. The predicted octanol–water partition coefficient (Wildman–Crippen LogP) is 0.490. The van der Waals surface area contributed by atoms with Crippen molar-refractivity contribution in [3.63, 3.8) is 0 Å². The van der Waals surface area contributed by atoms with E-state index in [1.165, 1.54) is 17.7 Å². The van der Waals surface area contributed by atoms with Crippen LogP contribution in [0.25, 0.3) is 0 Å². The lowest BCUT2D eigenvalue weighted by Gasteiger charge is -2.44. The van der Waals surface area contributed by atoms with E-state index in [1.807, 2.05) is 4.90 Å². The molecule has 0 aromatic rings. The molecule has 0 N–H and O–H groups in total. The molecule has 5 aliphatic rings. The predicted molar refractivity (Wildman–Crippen MR) is 90.2 cm³/mol. The van der Waals surface area contributed by atoms with Gasteiger partial charge in [0.1, 0.15) is 6.54 Å². The number of nitrogens with zero attached hydrogens (tertiary/aromatic N) is 3. The minimum Gasteiger partial charge on any atom is -0.338 e. The van der Waals surface area contributed by atoms with Gasteiger partial charge in [-0.1, -0.05) is 18.6 Å². The van der Waals surface area contributed by atoms with Gasteiger partial charge < -0.3 is 4.90 Å². The summed E-state index contributed by atoms with van der Waals surface area (Å²) >= 11 is 0. The molecule has 134 valence electrons. The summed E-state index contributed by atoms with van der Waals surface area (Å²) in [6.07, 6.45) is 8.73. The molecule has 1 saturated carbocycles. The van der Waals surface area contributed by atoms with E-state index in [0.29, 0.717) is 12.6 Å². The summed E-state index contributed by atoms with van der Waals surface area (Å²) < 4.78 is 0. The van der Waals surface area contributed by atoms with E-state index in [2.05, 4.69) is 17.1 Å². The second-order valence-corrected chi connectivity index (χ2v) is 8.29. The lowest BCUT2D eigenvalue weighted by atomic mass is 9.85. The average molecular weight is 343 g/mol. The van der Waals surface area contributed by atoms with Gasteiger partial charge in [-0.3, -0.25) is 24.2 Å². The first-order chi connectivity index (χ1) is 12.1. The molecule has 0 aromatic heterocycles. The van der Waals surface area contributed by atoms with E-state index in [0.717, 1.165) is 32.5 Å². The van der Waals surface area contributed by atoms with Crippen LogP contribution < -0.4 is 0 Å². The lowest BCUT2D eigenvalue weighted by molar-refractivity contribution is -0.148. The third kappa shape index (κ3) is 2.30. The highest BCUT2D eigenvalue weighted by Crippen LogP contribution is 2.52. The van der Waals surface area contributed by atoms with Crippen molar-refractivity contribution in [3.05, 3.63) is 12.2 Å². The van der Waals surface area contributed by atoms with Gasteiger partial charge in [-0.25, -0.2) is 0 Å². The van der Waals surface area contributed by atoms with Crippen LogP contribution >= 0.6 is 0 Å². The highest BCUT2D eigenvalue weighted by Gasteiger charge is 2.59. The summed E-state index contributed by atoms with van der Waals surface area (Å²) in [5.41, 5.74) is 0. The minimum absolute atomic E-state index is 0.0587. The molecule has 2 bridgehead atoms. The van der Waals surface area contributed by atoms with Gasteiger partial charge in [0, 0.05) is 25.7 Å². The van der Waals surface area contributed by atoms with E-state index in [9.17, 15) is 14.4 Å². The fourth-order valence-electron chi connectivity index (χ4n) is 5.74. The Labute approximate surface area is 147 Å². The fraction of sp³-hybridized carbons (Fsp3) is 0.737. The summed E-state index contributed by atoms with van der Waals surface area (Å²) in [6, 6.07) is 0.454. The molecule has 5 atom stereocenters. The second kappa shape index (κ2) is 5.66. The zero-order valence-corrected chi connectivity index (χ0v) is 14.5. The zero-order chi connectivity index (χ0) is 17.1. The largest absolute Gasteiger partial charge is 0.338 e. The van der Waals surface area contributed by atoms with Crippen LogP contribution in [-0.4, -0.2) is 71.2 Å². The van der Waals surface area contributed by atoms with E-state index in [4.69, 9.17) is 0 Å². The number of piperidine rings is 1. The Hall–Kier alpha value is -1.69. The van der Waals surface area contributed by atoms with Crippen LogP contribution in [0.1, 0.15) is 25.7 Å². The van der Waals surface area contributed by atoms with Crippen LogP contribution in [0, 0.1) is 23.7 Å². The average Bonchev–Trinajstić information content (AvgIpc) is 3.31. The van der Waals surface area contributed by atoms with Gasteiger partial charge in [0.2, 0.25) is 17.7 Å². The number of hydrogen-bond acceptors (Lipinski definition) is 4. The van der Waals surface area contributed by atoms with E-state index >= 15 is 0 Å². The van der Waals surface area contributed by atoms with E-state index < -0.39 is 0 Å². The van der Waals surface area contributed by atoms with E-state index in [-0.39, 0.29) is 47.9 Å². The Morgan fingerprint density at radius 2 is 1.72 bits per heavy atom. The molecule has 0 aromatic carbocycles. The number of fused-ring (bicyclic) bond motifs is 6. The summed E-state index contributed by atoms with van der Waals surface area (Å²) in [5, 5.41) is 0. The van der Waals surface area contributed by atoms with Gasteiger partial charge in [-0.15, -0.1) is 0 Å². The quantitative estimate of drug-likeness (QED) is 0.541. The first kappa shape index (κ1) is 15.6. The van der Waals surface area contributed by atoms with Crippen molar-refractivity contribution < 1.29 is 14.4 Å². The van der Waals surface area contributed by atoms with Crippen LogP contribution in [0.3, 0.4) is 0 Å². The number of carbonyl (C=O) groups excluding carboxylic acids is 3. The Morgan fingerprint density at radius 3 is 2.44 bits per heavy atom. The zero-order valence-electron chi connectivity index (χ0n) is 14.5. The van der Waals surface area contributed by atoms with Crippen molar-refractivity contribution in [2.24, 2.45) is 23.7 Å². The molecule has 0 radical (unpaired) electrons. The van der Waals surface area contributed by atoms with Gasteiger partial charge in [-0.05, 0) is 37.6 Å². The number of piperazine rings is 1. The van der Waals surface area contributed by atoms with Crippen molar-refractivity contribution in [2.45, 2.75) is 31.7 Å². The SMILES string of the molecule is O=C(CN1C(=O)C2C3C=CC(C3)C2C1=O)N1CCN2CCCCC2C1. The second-order valence-electron chi connectivity index (χ2n) is 8.29. The maximum atomic E-state index is 12.8. The Kier molecular flexibility index (Phi) is 3.52. The number of hydrogen-bond donors (Lipinski definition) is 0. The van der Waals surface area contributed by atoms with Crippen molar-refractivity contribution in [3.8, 4) is 0 Å². The molecule has 3 heterocycles. The Balaban J connectivity index is 1.26. The molecular weight excluding hydrogens is 318 g/mol. The third-order valence-electron chi connectivity index (χ3n) is 7.05. The van der Waals surface area contributed by atoms with Gasteiger partial charge in [0.05, 0.1) is 11.8 Å². The summed E-state index contributed by atoms with van der Waals surface area (Å²) in [5.74, 6) is -0.286. The number of carbonyl (C=O) groups is 3. The summed E-state index contributed by atoms with van der Waals surface area (Å²) in [6.45, 7) is 3.45. The lowest BCUT2D eigenvalue weighted by Crippen LogP contribution is -2.57. The summed E-state index contributed by atoms with van der Waals surface area (Å²) in [4.78, 5) is 43.8. The molecule has 4 fully saturated rings. The van der Waals surface area contributed by atoms with Crippen molar-refractivity contribution >= 4 is 17.7 Å². The van der Waals surface area contributed by atoms with Crippen LogP contribution in [0.15, 0.2) is 12.2 Å². The smallest absolute Gasteiger partial charge is 0.242 e. The Bertz CT molecular complexity index is 630. The molecule has 5 unspecified atom stereocenters. The van der Waals surface area contributed by atoms with Crippen molar-refractivity contribution in [1.82, 2.24) is 14.7 Å². The first-order valence-electron chi connectivity index (χ1n) is 9.69. The number of allylic oxidation sites excluding steroid dienone is 2. The molecule has 25 heavy (non-hydrogen) atoms. The Morgan fingerprint density at radius 1 is 1.00 bits per heavy atom. The molecule has 2 aliphatic carbocycles. The molecule has 0 spiro atoms. The third-order valence-corrected chi connectivity index (χ3v) is 7.05. The molecule has 3 amide bonds. The minimum atomic E-state index is -0.203. The fourth-order valence-corrected chi connectivity index (χ4v) is 5.74. The van der Waals surface area contributed by atoms with Crippen LogP contribution in [-0.2, 0) is 14.4 Å². The topological polar surface area (TPSA) is 60.9 Å². The summed E-state index contributed by atoms with van der Waals surface area (Å²) in [7, 11) is 0. The van der Waals surface area contributed by atoms with Gasteiger partial charge >= 0.3 is 0 Å². The molecule has 6 heteroatoms. The molecule has 6 nitrogen and oxygen atoms in total. The molecule has 5 rings (SSSR count). The number of likely N-dealkylation sites (tertiary alicyclic amines) is 1. The number of imide groups is 1. The number of rotatable bonds is 2. The van der Waals surface area contributed by atoms with Gasteiger partial charge in [0.15, 0.2) is 0 Å². The molecule has 3 aliphatic heterocycles. The van der Waals surface area contributed by atoms with Crippen LogP contribution in [0.2, 0.25) is 0 Å². The standard InChI is InChI=1S/C19H25N3O3/c23-15(21-8-7-20-6-2-1-3-14(20)10-21)11-22-18(24)16-12-4-5-13(9-12)17(16)19(22)25/h4-5,12-14,16-17H,1-3,6-11H2. The highest BCUT2D eigenvalue weighted by atomic mass is 16.2. The van der Waals surface area contributed by atoms with Crippen molar-refractivity contribution in [1.29, 1.82) is 0 Å². The van der Waals surface area contributed by atoms with Gasteiger partial charge in [0.25, 0.3) is 0 Å². The maximum Gasteiger partial charge on any atom is 0.242 e. The molecular formula is C19H25N3O3. The number of amides is 3. The maximum absolute atomic E-state index is 12.8. The van der Waals surface area contributed by atoms with Gasteiger partial charge in [-0.2, -0.15) is 0 Å². The van der Waals surface area contributed by atoms with Crippen molar-refractivity contribution in [2.75, 3.05) is 32.7 Å². The highest BCUT2D eigenvalue weighted by molar-refractivity contribution is 6.08. The first-order valence-corrected chi connectivity index (χ1v) is 9.69. The van der Waals surface area contributed by atoms with Crippen LogP contribution in [0.4, 0.5) is 0 Å². The normalized spacial score (nSPS) is 39.9. The van der Waals surface area contributed by atoms with Crippen LogP contribution in [0.5, 0.6) is 0 Å².